The Bertz CT molecular complexity index is 1360. The molecule has 8 heteroatoms. The molecule has 2 amide bonds. The summed E-state index contributed by atoms with van der Waals surface area (Å²) in [7, 11) is 0. The van der Waals surface area contributed by atoms with E-state index in [2.05, 4.69) is 34.8 Å². The first-order chi connectivity index (χ1) is 17.5. The van der Waals surface area contributed by atoms with Gasteiger partial charge in [0.1, 0.15) is 10.6 Å². The molecule has 0 radical (unpaired) electrons. The number of amides is 2. The minimum atomic E-state index is -0.160. The van der Waals surface area contributed by atoms with Crippen LogP contribution < -0.4 is 16.0 Å². The number of thiophene rings is 1. The van der Waals surface area contributed by atoms with Crippen LogP contribution in [0.25, 0.3) is 21.5 Å². The molecule has 0 bridgehead atoms. The summed E-state index contributed by atoms with van der Waals surface area (Å²) in [4.78, 5) is 36.1. The maximum absolute atomic E-state index is 12.8. The van der Waals surface area contributed by atoms with Crippen molar-refractivity contribution >= 4 is 44.9 Å². The van der Waals surface area contributed by atoms with Crippen LogP contribution in [-0.2, 0) is 0 Å². The van der Waals surface area contributed by atoms with Crippen LogP contribution in [0.3, 0.4) is 0 Å². The number of nitrogens with one attached hydrogen (secondary N) is 3. The van der Waals surface area contributed by atoms with Crippen LogP contribution in [-0.4, -0.2) is 34.4 Å². The van der Waals surface area contributed by atoms with Crippen LogP contribution in [0.15, 0.2) is 60.8 Å². The standard InChI is InChI=1S/C28H29N5O2S/c1-17(2)13-15-29-26(34)22-11-12-23(33-25(22)31-20-9-10-20)18-5-7-21(8-6-18)32-27(35)24-16-19-4-3-14-30-28(19)36-24/h3-8,11-12,14,16-17,20H,9-10,13,15H2,1-2H3,(H,29,34)(H,31,33)(H,32,35). The minimum Gasteiger partial charge on any atom is -0.367 e. The lowest BCUT2D eigenvalue weighted by Crippen LogP contribution is -2.26. The molecule has 1 aliphatic rings. The molecule has 0 saturated heterocycles. The van der Waals surface area contributed by atoms with Crippen LogP contribution >= 0.6 is 11.3 Å². The molecular formula is C28H29N5O2S. The summed E-state index contributed by atoms with van der Waals surface area (Å²) in [6, 6.07) is 17.3. The van der Waals surface area contributed by atoms with Crippen LogP contribution in [0.1, 0.15) is 53.1 Å². The molecule has 0 spiro atoms. The van der Waals surface area contributed by atoms with Crippen molar-refractivity contribution in [1.82, 2.24) is 15.3 Å². The molecular weight excluding hydrogens is 470 g/mol. The molecule has 0 atom stereocenters. The van der Waals surface area contributed by atoms with E-state index in [1.165, 1.54) is 11.3 Å². The Morgan fingerprint density at radius 1 is 1.06 bits per heavy atom. The van der Waals surface area contributed by atoms with Crippen LogP contribution in [0, 0.1) is 5.92 Å². The highest BCUT2D eigenvalue weighted by Crippen LogP contribution is 2.29. The molecule has 7 nitrogen and oxygen atoms in total. The van der Waals surface area contributed by atoms with Gasteiger partial charge in [0.2, 0.25) is 0 Å². The molecule has 1 fully saturated rings. The Kier molecular flexibility index (Phi) is 6.95. The summed E-state index contributed by atoms with van der Waals surface area (Å²) < 4.78 is 0. The molecule has 1 aliphatic carbocycles. The minimum absolute atomic E-state index is 0.104. The smallest absolute Gasteiger partial charge is 0.265 e. The first-order valence-corrected chi connectivity index (χ1v) is 13.1. The third-order valence-electron chi connectivity index (χ3n) is 6.02. The van der Waals surface area contributed by atoms with Gasteiger partial charge in [-0.3, -0.25) is 9.59 Å². The molecule has 3 N–H and O–H groups in total. The highest BCUT2D eigenvalue weighted by atomic mass is 32.1. The number of hydrogen-bond acceptors (Lipinski definition) is 6. The number of nitrogens with zero attached hydrogens (tertiary/aromatic N) is 2. The molecule has 0 aliphatic heterocycles. The highest BCUT2D eigenvalue weighted by Gasteiger charge is 2.24. The van der Waals surface area contributed by atoms with Crippen molar-refractivity contribution in [2.45, 2.75) is 39.2 Å². The van der Waals surface area contributed by atoms with E-state index in [0.717, 1.165) is 40.7 Å². The summed E-state index contributed by atoms with van der Waals surface area (Å²) in [5.41, 5.74) is 2.94. The fourth-order valence-corrected chi connectivity index (χ4v) is 4.70. The highest BCUT2D eigenvalue weighted by molar-refractivity contribution is 7.20. The predicted octanol–water partition coefficient (Wildman–Crippen LogP) is 5.96. The Balaban J connectivity index is 1.30. The van der Waals surface area contributed by atoms with E-state index in [0.29, 0.717) is 40.5 Å². The Morgan fingerprint density at radius 3 is 2.58 bits per heavy atom. The number of aromatic nitrogens is 2. The molecule has 36 heavy (non-hydrogen) atoms. The Hall–Kier alpha value is -3.78. The zero-order chi connectivity index (χ0) is 25.1. The van der Waals surface area contributed by atoms with Gasteiger partial charge < -0.3 is 16.0 Å². The zero-order valence-corrected chi connectivity index (χ0v) is 21.2. The van der Waals surface area contributed by atoms with Crippen molar-refractivity contribution in [2.75, 3.05) is 17.2 Å². The lowest BCUT2D eigenvalue weighted by molar-refractivity contribution is 0.0951. The third-order valence-corrected chi connectivity index (χ3v) is 7.08. The van der Waals surface area contributed by atoms with Crippen molar-refractivity contribution in [3.8, 4) is 11.3 Å². The van der Waals surface area contributed by atoms with Gasteiger partial charge in [0.25, 0.3) is 11.8 Å². The fourth-order valence-electron chi connectivity index (χ4n) is 3.81. The van der Waals surface area contributed by atoms with Gasteiger partial charge in [-0.05, 0) is 61.6 Å². The molecule has 184 valence electrons. The van der Waals surface area contributed by atoms with Gasteiger partial charge >= 0.3 is 0 Å². The Labute approximate surface area is 214 Å². The summed E-state index contributed by atoms with van der Waals surface area (Å²) in [6.45, 7) is 4.92. The molecule has 1 aromatic carbocycles. The second-order valence-electron chi connectivity index (χ2n) is 9.49. The largest absolute Gasteiger partial charge is 0.367 e. The first kappa shape index (κ1) is 23.9. The van der Waals surface area contributed by atoms with Gasteiger partial charge in [0.05, 0.1) is 16.1 Å². The summed E-state index contributed by atoms with van der Waals surface area (Å²) >= 11 is 1.37. The van der Waals surface area contributed by atoms with E-state index in [1.807, 2.05) is 54.6 Å². The number of fused-ring (bicyclic) bond motifs is 1. The number of carbonyl (C=O) groups excluding carboxylic acids is 2. The predicted molar refractivity (Wildman–Crippen MR) is 146 cm³/mol. The number of pyridine rings is 2. The number of benzene rings is 1. The van der Waals surface area contributed by atoms with Gasteiger partial charge in [0.15, 0.2) is 0 Å². The topological polar surface area (TPSA) is 96.0 Å². The molecule has 3 heterocycles. The second kappa shape index (κ2) is 10.5. The van der Waals surface area contributed by atoms with Gasteiger partial charge in [-0.25, -0.2) is 9.97 Å². The van der Waals surface area contributed by atoms with E-state index in [4.69, 9.17) is 4.98 Å². The van der Waals surface area contributed by atoms with Crippen molar-refractivity contribution in [3.05, 3.63) is 71.2 Å². The molecule has 3 aromatic heterocycles. The van der Waals surface area contributed by atoms with Gasteiger partial charge in [0, 0.05) is 35.4 Å². The SMILES string of the molecule is CC(C)CCNC(=O)c1ccc(-c2ccc(NC(=O)c3cc4cccnc4s3)cc2)nc1NC1CC1. The average Bonchev–Trinajstić information content (AvgIpc) is 3.58. The van der Waals surface area contributed by atoms with E-state index < -0.39 is 0 Å². The van der Waals surface area contributed by atoms with E-state index in [9.17, 15) is 9.59 Å². The second-order valence-corrected chi connectivity index (χ2v) is 10.5. The van der Waals surface area contributed by atoms with Gasteiger partial charge in [-0.2, -0.15) is 0 Å². The van der Waals surface area contributed by atoms with Crippen LogP contribution in [0.5, 0.6) is 0 Å². The monoisotopic (exact) mass is 499 g/mol. The normalized spacial score (nSPS) is 13.1. The van der Waals surface area contributed by atoms with Gasteiger partial charge in [-0.1, -0.05) is 32.0 Å². The first-order valence-electron chi connectivity index (χ1n) is 12.3. The summed E-state index contributed by atoms with van der Waals surface area (Å²) in [6.07, 6.45) is 4.84. The van der Waals surface area contributed by atoms with E-state index in [-0.39, 0.29) is 11.8 Å². The maximum Gasteiger partial charge on any atom is 0.265 e. The van der Waals surface area contributed by atoms with Gasteiger partial charge in [-0.15, -0.1) is 11.3 Å². The third kappa shape index (κ3) is 5.71. The molecule has 1 saturated carbocycles. The zero-order valence-electron chi connectivity index (χ0n) is 20.4. The van der Waals surface area contributed by atoms with E-state index >= 15 is 0 Å². The summed E-state index contributed by atoms with van der Waals surface area (Å²) in [5.74, 6) is 0.886. The fraction of sp³-hybridized carbons (Fsp3) is 0.286. The average molecular weight is 500 g/mol. The summed E-state index contributed by atoms with van der Waals surface area (Å²) in [5, 5.41) is 10.3. The van der Waals surface area contributed by atoms with Crippen molar-refractivity contribution < 1.29 is 9.59 Å². The number of hydrogen-bond donors (Lipinski definition) is 3. The Morgan fingerprint density at radius 2 is 1.86 bits per heavy atom. The maximum atomic E-state index is 12.8. The number of carbonyl (C=O) groups is 2. The van der Waals surface area contributed by atoms with Crippen molar-refractivity contribution in [2.24, 2.45) is 5.92 Å². The quantitative estimate of drug-likeness (QED) is 0.264. The van der Waals surface area contributed by atoms with E-state index in [1.54, 1.807) is 6.20 Å². The number of rotatable bonds is 9. The lowest BCUT2D eigenvalue weighted by atomic mass is 10.1. The molecule has 0 unspecified atom stereocenters. The number of anilines is 2. The van der Waals surface area contributed by atoms with Crippen LogP contribution in [0.2, 0.25) is 0 Å². The van der Waals surface area contributed by atoms with Crippen LogP contribution in [0.4, 0.5) is 11.5 Å². The molecule has 5 rings (SSSR count). The van der Waals surface area contributed by atoms with Crippen molar-refractivity contribution in [3.63, 3.8) is 0 Å². The molecule has 4 aromatic rings. The van der Waals surface area contributed by atoms with Crippen molar-refractivity contribution in [1.29, 1.82) is 0 Å². The lowest BCUT2D eigenvalue weighted by Gasteiger charge is -2.13.